The van der Waals surface area contributed by atoms with Crippen LogP contribution in [0.4, 0.5) is 0 Å². The summed E-state index contributed by atoms with van der Waals surface area (Å²) in [5, 5.41) is 0. The summed E-state index contributed by atoms with van der Waals surface area (Å²) in [4.78, 5) is 15.4. The Balaban J connectivity index is 2.43. The maximum absolute atomic E-state index is 11.2. The summed E-state index contributed by atoms with van der Waals surface area (Å²) >= 11 is 0. The maximum atomic E-state index is 11.2. The molecule has 0 saturated heterocycles. The minimum absolute atomic E-state index is 0.0958. The SMILES string of the molecule is CCc1ccncc1-c1ccc(C(C)=O)cc1. The Morgan fingerprint density at radius 2 is 1.88 bits per heavy atom. The Hall–Kier alpha value is -1.96. The molecule has 2 aromatic rings. The van der Waals surface area contributed by atoms with Crippen molar-refractivity contribution < 1.29 is 4.79 Å². The average Bonchev–Trinajstić information content (AvgIpc) is 2.39. The van der Waals surface area contributed by atoms with Gasteiger partial charge in [-0.3, -0.25) is 9.78 Å². The molecular formula is C15H15NO. The lowest BCUT2D eigenvalue weighted by molar-refractivity contribution is 0.101. The first-order valence-electron chi connectivity index (χ1n) is 5.76. The highest BCUT2D eigenvalue weighted by atomic mass is 16.1. The molecule has 0 N–H and O–H groups in total. The second kappa shape index (κ2) is 4.91. The van der Waals surface area contributed by atoms with Gasteiger partial charge in [0, 0.05) is 23.5 Å². The van der Waals surface area contributed by atoms with Crippen LogP contribution in [-0.4, -0.2) is 10.8 Å². The lowest BCUT2D eigenvalue weighted by Gasteiger charge is -2.07. The fourth-order valence-electron chi connectivity index (χ4n) is 1.88. The predicted molar refractivity (Wildman–Crippen MR) is 69.1 cm³/mol. The van der Waals surface area contributed by atoms with Crippen LogP contribution in [0.2, 0.25) is 0 Å². The molecule has 0 bridgehead atoms. The van der Waals surface area contributed by atoms with Gasteiger partial charge >= 0.3 is 0 Å². The van der Waals surface area contributed by atoms with E-state index in [1.54, 1.807) is 6.92 Å². The lowest BCUT2D eigenvalue weighted by atomic mass is 9.99. The highest BCUT2D eigenvalue weighted by Crippen LogP contribution is 2.23. The quantitative estimate of drug-likeness (QED) is 0.748. The van der Waals surface area contributed by atoms with Gasteiger partial charge in [-0.25, -0.2) is 0 Å². The number of hydrogen-bond acceptors (Lipinski definition) is 2. The molecule has 1 heterocycles. The summed E-state index contributed by atoms with van der Waals surface area (Å²) in [5.41, 5.74) is 4.27. The number of aromatic nitrogens is 1. The highest BCUT2D eigenvalue weighted by molar-refractivity contribution is 5.94. The van der Waals surface area contributed by atoms with Crippen LogP contribution in [0.1, 0.15) is 29.8 Å². The van der Waals surface area contributed by atoms with Crippen molar-refractivity contribution in [3.05, 3.63) is 53.9 Å². The molecule has 0 atom stereocenters. The van der Waals surface area contributed by atoms with Gasteiger partial charge in [0.05, 0.1) is 0 Å². The molecule has 0 aliphatic heterocycles. The van der Waals surface area contributed by atoms with E-state index in [9.17, 15) is 4.79 Å². The molecule has 0 saturated carbocycles. The average molecular weight is 225 g/mol. The number of carbonyl (C=O) groups is 1. The van der Waals surface area contributed by atoms with E-state index in [2.05, 4.69) is 11.9 Å². The second-order valence-electron chi connectivity index (χ2n) is 4.02. The van der Waals surface area contributed by atoms with Crippen molar-refractivity contribution in [2.75, 3.05) is 0 Å². The second-order valence-corrected chi connectivity index (χ2v) is 4.02. The fourth-order valence-corrected chi connectivity index (χ4v) is 1.88. The molecule has 1 aromatic carbocycles. The summed E-state index contributed by atoms with van der Waals surface area (Å²) in [7, 11) is 0. The van der Waals surface area contributed by atoms with Gasteiger partial charge in [-0.1, -0.05) is 31.2 Å². The summed E-state index contributed by atoms with van der Waals surface area (Å²) in [6.07, 6.45) is 4.67. The number of hydrogen-bond donors (Lipinski definition) is 0. The molecule has 0 aliphatic rings. The van der Waals surface area contributed by atoms with Gasteiger partial charge in [-0.2, -0.15) is 0 Å². The molecule has 2 heteroatoms. The molecule has 2 rings (SSSR count). The zero-order chi connectivity index (χ0) is 12.3. The summed E-state index contributed by atoms with van der Waals surface area (Å²) in [6, 6.07) is 9.72. The van der Waals surface area contributed by atoms with E-state index in [0.717, 1.165) is 23.1 Å². The molecule has 0 spiro atoms. The normalized spacial score (nSPS) is 10.2. The Kier molecular flexibility index (Phi) is 3.33. The molecule has 0 amide bonds. The van der Waals surface area contributed by atoms with Crippen molar-refractivity contribution in [1.29, 1.82) is 0 Å². The third-order valence-electron chi connectivity index (χ3n) is 2.89. The fraction of sp³-hybridized carbons (Fsp3) is 0.200. The van der Waals surface area contributed by atoms with E-state index < -0.39 is 0 Å². The van der Waals surface area contributed by atoms with Gasteiger partial charge in [0.1, 0.15) is 0 Å². The first kappa shape index (κ1) is 11.5. The highest BCUT2D eigenvalue weighted by Gasteiger charge is 2.04. The smallest absolute Gasteiger partial charge is 0.159 e. The number of rotatable bonds is 3. The summed E-state index contributed by atoms with van der Waals surface area (Å²) in [5.74, 6) is 0.0958. The van der Waals surface area contributed by atoms with Gasteiger partial charge < -0.3 is 0 Å². The van der Waals surface area contributed by atoms with E-state index in [1.165, 1.54) is 5.56 Å². The van der Waals surface area contributed by atoms with Crippen molar-refractivity contribution in [1.82, 2.24) is 4.98 Å². The summed E-state index contributed by atoms with van der Waals surface area (Å²) < 4.78 is 0. The monoisotopic (exact) mass is 225 g/mol. The molecule has 2 nitrogen and oxygen atoms in total. The molecule has 1 aromatic heterocycles. The van der Waals surface area contributed by atoms with Gasteiger partial charge in [0.2, 0.25) is 0 Å². The Morgan fingerprint density at radius 3 is 2.47 bits per heavy atom. The van der Waals surface area contributed by atoms with Crippen LogP contribution < -0.4 is 0 Å². The number of pyridine rings is 1. The molecule has 86 valence electrons. The Morgan fingerprint density at radius 1 is 1.18 bits per heavy atom. The van der Waals surface area contributed by atoms with Gasteiger partial charge in [-0.15, -0.1) is 0 Å². The number of carbonyl (C=O) groups excluding carboxylic acids is 1. The van der Waals surface area contributed by atoms with Crippen molar-refractivity contribution in [3.63, 3.8) is 0 Å². The minimum Gasteiger partial charge on any atom is -0.295 e. The van der Waals surface area contributed by atoms with E-state index in [-0.39, 0.29) is 5.78 Å². The Bertz CT molecular complexity index is 529. The lowest BCUT2D eigenvalue weighted by Crippen LogP contribution is -1.92. The van der Waals surface area contributed by atoms with E-state index in [0.29, 0.717) is 0 Å². The standard InChI is InChI=1S/C15H15NO/c1-3-12-8-9-16-10-15(12)14-6-4-13(5-7-14)11(2)17/h4-10H,3H2,1-2H3. The number of aryl methyl sites for hydroxylation is 1. The van der Waals surface area contributed by atoms with E-state index in [1.807, 2.05) is 42.7 Å². The number of benzene rings is 1. The molecule has 0 aliphatic carbocycles. The van der Waals surface area contributed by atoms with Gasteiger partial charge in [-0.05, 0) is 30.5 Å². The van der Waals surface area contributed by atoms with Crippen LogP contribution in [0.15, 0.2) is 42.7 Å². The van der Waals surface area contributed by atoms with Crippen molar-refractivity contribution in [2.24, 2.45) is 0 Å². The van der Waals surface area contributed by atoms with Crippen LogP contribution in [0, 0.1) is 0 Å². The first-order valence-corrected chi connectivity index (χ1v) is 5.76. The molecule has 0 fully saturated rings. The Labute approximate surface area is 101 Å². The number of nitrogens with zero attached hydrogens (tertiary/aromatic N) is 1. The van der Waals surface area contributed by atoms with Crippen LogP contribution in [-0.2, 0) is 6.42 Å². The molecule has 0 radical (unpaired) electrons. The third kappa shape index (κ3) is 2.41. The zero-order valence-corrected chi connectivity index (χ0v) is 10.1. The first-order chi connectivity index (χ1) is 8.22. The predicted octanol–water partition coefficient (Wildman–Crippen LogP) is 3.51. The van der Waals surface area contributed by atoms with Crippen LogP contribution in [0.5, 0.6) is 0 Å². The van der Waals surface area contributed by atoms with Gasteiger partial charge in [0.25, 0.3) is 0 Å². The third-order valence-corrected chi connectivity index (χ3v) is 2.89. The maximum Gasteiger partial charge on any atom is 0.159 e. The molecule has 17 heavy (non-hydrogen) atoms. The zero-order valence-electron chi connectivity index (χ0n) is 10.1. The minimum atomic E-state index is 0.0958. The van der Waals surface area contributed by atoms with Crippen LogP contribution in [0.25, 0.3) is 11.1 Å². The van der Waals surface area contributed by atoms with Crippen molar-refractivity contribution >= 4 is 5.78 Å². The van der Waals surface area contributed by atoms with Crippen LogP contribution >= 0.6 is 0 Å². The van der Waals surface area contributed by atoms with Crippen molar-refractivity contribution in [2.45, 2.75) is 20.3 Å². The topological polar surface area (TPSA) is 30.0 Å². The van der Waals surface area contributed by atoms with Gasteiger partial charge in [0.15, 0.2) is 5.78 Å². The molecular weight excluding hydrogens is 210 g/mol. The largest absolute Gasteiger partial charge is 0.295 e. The number of Topliss-reactive ketones (excluding diaryl/α,β-unsaturated/α-hetero) is 1. The van der Waals surface area contributed by atoms with E-state index in [4.69, 9.17) is 0 Å². The molecule has 0 unspecified atom stereocenters. The van der Waals surface area contributed by atoms with E-state index >= 15 is 0 Å². The van der Waals surface area contributed by atoms with Crippen molar-refractivity contribution in [3.8, 4) is 11.1 Å². The number of ketones is 1. The summed E-state index contributed by atoms with van der Waals surface area (Å²) in [6.45, 7) is 3.71. The van der Waals surface area contributed by atoms with Crippen LogP contribution in [0.3, 0.4) is 0 Å².